The number of alkyl halides is 3. The number of primary amides is 1. The van der Waals surface area contributed by atoms with Gasteiger partial charge in [0.15, 0.2) is 0 Å². The molecule has 0 spiro atoms. The normalized spacial score (nSPS) is 27.8. The van der Waals surface area contributed by atoms with Crippen LogP contribution in [0.2, 0.25) is 5.02 Å². The van der Waals surface area contributed by atoms with Gasteiger partial charge in [0.1, 0.15) is 11.9 Å². The van der Waals surface area contributed by atoms with E-state index in [0.29, 0.717) is 12.3 Å². The molecule has 3 atom stereocenters. The quantitative estimate of drug-likeness (QED) is 0.892. The second kappa shape index (κ2) is 5.85. The highest BCUT2D eigenvalue weighted by molar-refractivity contribution is 6.33. The lowest BCUT2D eigenvalue weighted by Gasteiger charge is -2.34. The lowest BCUT2D eigenvalue weighted by Crippen LogP contribution is -2.45. The van der Waals surface area contributed by atoms with Crippen molar-refractivity contribution in [3.8, 4) is 0 Å². The van der Waals surface area contributed by atoms with Crippen LogP contribution in [0.1, 0.15) is 37.7 Å². The van der Waals surface area contributed by atoms with Crippen molar-refractivity contribution in [2.45, 2.75) is 50.4 Å². The van der Waals surface area contributed by atoms with Gasteiger partial charge in [-0.15, -0.1) is 0 Å². The molecule has 0 aromatic carbocycles. The molecule has 8 heteroatoms. The van der Waals surface area contributed by atoms with Crippen LogP contribution < -0.4 is 10.6 Å². The van der Waals surface area contributed by atoms with E-state index in [9.17, 15) is 18.0 Å². The van der Waals surface area contributed by atoms with E-state index in [0.717, 1.165) is 37.9 Å². The monoisotopic (exact) mass is 347 g/mol. The Bertz CT molecular complexity index is 622. The molecule has 2 heterocycles. The average molecular weight is 348 g/mol. The van der Waals surface area contributed by atoms with Crippen LogP contribution in [0.15, 0.2) is 12.3 Å². The van der Waals surface area contributed by atoms with E-state index in [4.69, 9.17) is 17.3 Å². The average Bonchev–Trinajstić information content (AvgIpc) is 2.86. The van der Waals surface area contributed by atoms with Crippen molar-refractivity contribution in [1.29, 1.82) is 0 Å². The Morgan fingerprint density at radius 1 is 1.35 bits per heavy atom. The molecular formula is C15H17ClF3N3O. The van der Waals surface area contributed by atoms with E-state index < -0.39 is 23.7 Å². The van der Waals surface area contributed by atoms with E-state index in [2.05, 4.69) is 4.98 Å². The summed E-state index contributed by atoms with van der Waals surface area (Å²) in [4.78, 5) is 17.5. The van der Waals surface area contributed by atoms with Crippen molar-refractivity contribution in [2.24, 2.45) is 11.7 Å². The van der Waals surface area contributed by atoms with Gasteiger partial charge in [-0.1, -0.05) is 24.4 Å². The number of pyridine rings is 1. The summed E-state index contributed by atoms with van der Waals surface area (Å²) in [6.07, 6.45) is 0.831. The number of nitrogens with two attached hydrogens (primary N) is 1. The molecule has 2 aliphatic rings. The van der Waals surface area contributed by atoms with Gasteiger partial charge in [-0.3, -0.25) is 4.79 Å². The summed E-state index contributed by atoms with van der Waals surface area (Å²) < 4.78 is 38.3. The van der Waals surface area contributed by atoms with E-state index in [1.807, 2.05) is 0 Å². The predicted molar refractivity (Wildman–Crippen MR) is 80.1 cm³/mol. The van der Waals surface area contributed by atoms with E-state index in [1.54, 1.807) is 4.90 Å². The van der Waals surface area contributed by atoms with Gasteiger partial charge in [-0.2, -0.15) is 13.2 Å². The minimum atomic E-state index is -4.50. The van der Waals surface area contributed by atoms with Gasteiger partial charge in [-0.25, -0.2) is 4.98 Å². The summed E-state index contributed by atoms with van der Waals surface area (Å²) in [6, 6.07) is 0.353. The molecule has 1 aliphatic heterocycles. The van der Waals surface area contributed by atoms with Gasteiger partial charge >= 0.3 is 6.18 Å². The number of carbonyl (C=O) groups is 1. The molecule has 126 valence electrons. The molecule has 3 rings (SSSR count). The second-order valence-corrected chi connectivity index (χ2v) is 6.61. The van der Waals surface area contributed by atoms with E-state index >= 15 is 0 Å². The van der Waals surface area contributed by atoms with E-state index in [1.165, 1.54) is 0 Å². The molecule has 0 bridgehead atoms. The van der Waals surface area contributed by atoms with Crippen molar-refractivity contribution in [2.75, 3.05) is 4.90 Å². The number of halogens is 4. The summed E-state index contributed by atoms with van der Waals surface area (Å²) >= 11 is 6.06. The molecule has 1 aromatic rings. The van der Waals surface area contributed by atoms with Crippen molar-refractivity contribution in [3.05, 3.63) is 22.8 Å². The number of anilines is 1. The van der Waals surface area contributed by atoms with Crippen LogP contribution in [0.25, 0.3) is 0 Å². The molecular weight excluding hydrogens is 331 g/mol. The summed E-state index contributed by atoms with van der Waals surface area (Å²) in [7, 11) is 0. The first-order chi connectivity index (χ1) is 10.8. The maximum atomic E-state index is 12.8. The first-order valence-corrected chi connectivity index (χ1v) is 7.97. The van der Waals surface area contributed by atoms with Crippen LogP contribution >= 0.6 is 11.6 Å². The standard InChI is InChI=1S/C15H17ClF3N3O/c16-10-6-9(15(17,18)19)7-21-14(10)22-11-4-2-1-3-8(11)5-12(22)13(20)23/h6-8,11-12H,1-5H2,(H2,20,23)/t8-,11-,12-/m0/s1. The Labute approximate surface area is 136 Å². The molecule has 1 aromatic heterocycles. The lowest BCUT2D eigenvalue weighted by molar-refractivity contribution is -0.137. The summed E-state index contributed by atoms with van der Waals surface area (Å²) in [5.74, 6) is 0.0384. The Morgan fingerprint density at radius 2 is 2.04 bits per heavy atom. The van der Waals surface area contributed by atoms with Crippen LogP contribution in [0.4, 0.5) is 19.0 Å². The van der Waals surface area contributed by atoms with Crippen LogP contribution in [0, 0.1) is 5.92 Å². The van der Waals surface area contributed by atoms with Crippen molar-refractivity contribution < 1.29 is 18.0 Å². The number of fused-ring (bicyclic) bond motifs is 1. The number of amides is 1. The zero-order valence-electron chi connectivity index (χ0n) is 12.3. The van der Waals surface area contributed by atoms with Crippen LogP contribution in [0.3, 0.4) is 0 Å². The van der Waals surface area contributed by atoms with Crippen LogP contribution in [-0.2, 0) is 11.0 Å². The number of aromatic nitrogens is 1. The fraction of sp³-hybridized carbons (Fsp3) is 0.600. The minimum Gasteiger partial charge on any atom is -0.368 e. The molecule has 1 amide bonds. The molecule has 1 saturated carbocycles. The fourth-order valence-corrected chi connectivity index (χ4v) is 4.06. The maximum Gasteiger partial charge on any atom is 0.417 e. The molecule has 2 N–H and O–H groups in total. The smallest absolute Gasteiger partial charge is 0.368 e. The molecule has 23 heavy (non-hydrogen) atoms. The van der Waals surface area contributed by atoms with Crippen molar-refractivity contribution >= 4 is 23.3 Å². The Kier molecular flexibility index (Phi) is 4.16. The lowest BCUT2D eigenvalue weighted by atomic mass is 9.84. The number of nitrogens with zero attached hydrogens (tertiary/aromatic N) is 2. The third kappa shape index (κ3) is 2.98. The predicted octanol–water partition coefficient (Wildman–Crippen LogP) is 3.38. The summed E-state index contributed by atoms with van der Waals surface area (Å²) in [6.45, 7) is 0. The van der Waals surface area contributed by atoms with Gasteiger partial charge < -0.3 is 10.6 Å². The summed E-state index contributed by atoms with van der Waals surface area (Å²) in [5.41, 5.74) is 4.60. The first-order valence-electron chi connectivity index (χ1n) is 7.59. The maximum absolute atomic E-state index is 12.8. The molecule has 4 nitrogen and oxygen atoms in total. The van der Waals surface area contributed by atoms with Crippen molar-refractivity contribution in [3.63, 3.8) is 0 Å². The van der Waals surface area contributed by atoms with Crippen LogP contribution in [0.5, 0.6) is 0 Å². The Hall–Kier alpha value is -1.50. The topological polar surface area (TPSA) is 59.2 Å². The van der Waals surface area contributed by atoms with Gasteiger partial charge in [-0.05, 0) is 31.2 Å². The Morgan fingerprint density at radius 3 is 2.65 bits per heavy atom. The van der Waals surface area contributed by atoms with Crippen molar-refractivity contribution in [1.82, 2.24) is 4.98 Å². The Balaban J connectivity index is 1.99. The molecule has 1 saturated heterocycles. The zero-order chi connectivity index (χ0) is 16.8. The molecule has 2 fully saturated rings. The molecule has 1 aliphatic carbocycles. The SMILES string of the molecule is NC(=O)[C@@H]1C[C@@H]2CCCC[C@@H]2N1c1ncc(C(F)(F)F)cc1Cl. The van der Waals surface area contributed by atoms with Gasteiger partial charge in [0, 0.05) is 12.2 Å². The largest absolute Gasteiger partial charge is 0.417 e. The van der Waals surface area contributed by atoms with Gasteiger partial charge in [0.2, 0.25) is 5.91 Å². The third-order valence-corrected chi connectivity index (χ3v) is 5.09. The highest BCUT2D eigenvalue weighted by atomic mass is 35.5. The first kappa shape index (κ1) is 16.4. The number of hydrogen-bond acceptors (Lipinski definition) is 3. The number of hydrogen-bond donors (Lipinski definition) is 1. The van der Waals surface area contributed by atoms with Gasteiger partial charge in [0.25, 0.3) is 0 Å². The fourth-order valence-electron chi connectivity index (χ4n) is 3.79. The number of rotatable bonds is 2. The molecule has 0 unspecified atom stereocenters. The second-order valence-electron chi connectivity index (χ2n) is 6.20. The third-order valence-electron chi connectivity index (χ3n) is 4.81. The number of carbonyl (C=O) groups excluding carboxylic acids is 1. The zero-order valence-corrected chi connectivity index (χ0v) is 13.1. The summed E-state index contributed by atoms with van der Waals surface area (Å²) in [5, 5.41) is -0.0997. The molecule has 0 radical (unpaired) electrons. The van der Waals surface area contributed by atoms with Crippen LogP contribution in [-0.4, -0.2) is 23.0 Å². The van der Waals surface area contributed by atoms with Gasteiger partial charge in [0.05, 0.1) is 10.6 Å². The highest BCUT2D eigenvalue weighted by Crippen LogP contribution is 2.44. The highest BCUT2D eigenvalue weighted by Gasteiger charge is 2.46. The minimum absolute atomic E-state index is 0.0583. The van der Waals surface area contributed by atoms with E-state index in [-0.39, 0.29) is 16.9 Å².